The number of fused-ring (bicyclic) bond motifs is 1. The van der Waals surface area contributed by atoms with Crippen LogP contribution in [0.15, 0.2) is 83.5 Å². The molecule has 6 heteroatoms. The molecule has 30 heavy (non-hydrogen) atoms. The maximum atomic E-state index is 5.31. The first-order valence-corrected chi connectivity index (χ1v) is 10.1. The van der Waals surface area contributed by atoms with Gasteiger partial charge in [0.1, 0.15) is 11.6 Å². The van der Waals surface area contributed by atoms with Crippen molar-refractivity contribution in [2.45, 2.75) is 0 Å². The van der Waals surface area contributed by atoms with Gasteiger partial charge in [0.15, 0.2) is 0 Å². The maximum absolute atomic E-state index is 5.31. The number of nitrogens with one attached hydrogen (secondary N) is 2. The summed E-state index contributed by atoms with van der Waals surface area (Å²) in [4.78, 5) is 11.9. The van der Waals surface area contributed by atoms with Crippen molar-refractivity contribution in [1.29, 1.82) is 0 Å². The minimum Gasteiger partial charge on any atom is -0.497 e. The molecule has 2 aromatic heterocycles. The normalized spacial score (nSPS) is 10.7. The van der Waals surface area contributed by atoms with Crippen molar-refractivity contribution in [1.82, 2.24) is 15.0 Å². The third-order valence-corrected chi connectivity index (χ3v) is 5.57. The maximum Gasteiger partial charge on any atom is 0.138 e. The first kappa shape index (κ1) is 20.3. The Labute approximate surface area is 188 Å². The lowest BCUT2D eigenvalue weighted by atomic mass is 10.0. The smallest absolute Gasteiger partial charge is 0.138 e. The highest BCUT2D eigenvalue weighted by Crippen LogP contribution is 2.37. The van der Waals surface area contributed by atoms with Crippen LogP contribution in [0.3, 0.4) is 0 Å². The minimum absolute atomic E-state index is 0. The molecule has 0 aliphatic heterocycles. The van der Waals surface area contributed by atoms with E-state index < -0.39 is 0 Å². The lowest BCUT2D eigenvalue weighted by Crippen LogP contribution is -1.85. The van der Waals surface area contributed by atoms with Gasteiger partial charge in [-0.05, 0) is 42.5 Å². The first-order valence-electron chi connectivity index (χ1n) is 9.30. The van der Waals surface area contributed by atoms with Crippen molar-refractivity contribution in [2.24, 2.45) is 0 Å². The van der Waals surface area contributed by atoms with E-state index in [1.54, 1.807) is 7.11 Å². The Balaban J connectivity index is 0.00000218. The number of aromatic amines is 2. The van der Waals surface area contributed by atoms with Crippen LogP contribution in [0.5, 0.6) is 5.75 Å². The van der Waals surface area contributed by atoms with Crippen LogP contribution in [0.25, 0.3) is 44.8 Å². The molecule has 2 N–H and O–H groups in total. The second kappa shape index (κ2) is 8.38. The van der Waals surface area contributed by atoms with Crippen LogP contribution in [0, 0.1) is 0 Å². The average molecular weight is 481 g/mol. The van der Waals surface area contributed by atoms with Gasteiger partial charge in [-0.3, -0.25) is 0 Å². The average Bonchev–Trinajstić information content (AvgIpc) is 3.39. The van der Waals surface area contributed by atoms with Gasteiger partial charge in [-0.15, -0.1) is 12.4 Å². The second-order valence-corrected chi connectivity index (χ2v) is 7.71. The highest BCUT2D eigenvalue weighted by atomic mass is 79.9. The number of hydrogen-bond acceptors (Lipinski definition) is 2. The van der Waals surface area contributed by atoms with Crippen molar-refractivity contribution in [3.8, 4) is 39.7 Å². The third kappa shape index (κ3) is 3.62. The van der Waals surface area contributed by atoms with E-state index in [4.69, 9.17) is 9.72 Å². The van der Waals surface area contributed by atoms with Gasteiger partial charge in [0, 0.05) is 38.3 Å². The van der Waals surface area contributed by atoms with Crippen molar-refractivity contribution >= 4 is 39.2 Å². The summed E-state index contributed by atoms with van der Waals surface area (Å²) < 4.78 is 6.35. The topological polar surface area (TPSA) is 53.7 Å². The van der Waals surface area contributed by atoms with Crippen LogP contribution in [0.1, 0.15) is 0 Å². The van der Waals surface area contributed by atoms with E-state index in [-0.39, 0.29) is 12.4 Å². The molecule has 0 spiro atoms. The summed E-state index contributed by atoms with van der Waals surface area (Å²) in [6, 6.07) is 24.5. The van der Waals surface area contributed by atoms with Gasteiger partial charge >= 0.3 is 0 Å². The molecule has 3 aromatic carbocycles. The number of aromatic nitrogens is 3. The Hall–Kier alpha value is -3.02. The van der Waals surface area contributed by atoms with Crippen LogP contribution in [-0.2, 0) is 0 Å². The van der Waals surface area contributed by atoms with Crippen molar-refractivity contribution < 1.29 is 4.74 Å². The number of hydrogen-bond donors (Lipinski definition) is 2. The molecular formula is C24H19BrClN3O. The Kier molecular flexibility index (Phi) is 5.66. The van der Waals surface area contributed by atoms with E-state index >= 15 is 0 Å². The molecule has 0 aliphatic rings. The number of halogens is 2. The molecule has 0 aliphatic carbocycles. The van der Waals surface area contributed by atoms with Crippen LogP contribution < -0.4 is 4.74 Å². The Morgan fingerprint density at radius 3 is 2.30 bits per heavy atom. The third-order valence-electron chi connectivity index (χ3n) is 5.04. The SMILES string of the molecule is COc1ccc(-c2nc(-c3ccc(Br)cc3)[nH]c2-c2c[nH]c3ccccc23)cc1.Cl. The van der Waals surface area contributed by atoms with Crippen LogP contribution >= 0.6 is 28.3 Å². The number of nitrogens with zero attached hydrogens (tertiary/aromatic N) is 1. The molecule has 0 fully saturated rings. The summed E-state index contributed by atoms with van der Waals surface area (Å²) in [5, 5.41) is 1.16. The molecule has 0 saturated heterocycles. The Morgan fingerprint density at radius 2 is 1.57 bits per heavy atom. The molecule has 2 heterocycles. The molecule has 0 amide bonds. The van der Waals surface area contributed by atoms with Gasteiger partial charge in [-0.25, -0.2) is 4.98 Å². The van der Waals surface area contributed by atoms with Crippen molar-refractivity contribution in [3.63, 3.8) is 0 Å². The van der Waals surface area contributed by atoms with E-state index in [0.717, 1.165) is 55.0 Å². The number of methoxy groups -OCH3 is 1. The summed E-state index contributed by atoms with van der Waals surface area (Å²) in [7, 11) is 1.67. The lowest BCUT2D eigenvalue weighted by molar-refractivity contribution is 0.415. The van der Waals surface area contributed by atoms with Gasteiger partial charge in [-0.2, -0.15) is 0 Å². The van der Waals surface area contributed by atoms with E-state index in [1.807, 2.05) is 48.7 Å². The number of imidazole rings is 1. The standard InChI is InChI=1S/C24H18BrN3O.ClH/c1-29-18-12-8-15(9-13-18)22-23(20-14-26-21-5-3-2-4-19(20)21)28-24(27-22)16-6-10-17(25)11-7-16;/h2-14,26H,1H3,(H,27,28);1H. The summed E-state index contributed by atoms with van der Waals surface area (Å²) in [5.74, 6) is 1.66. The molecular weight excluding hydrogens is 462 g/mol. The highest BCUT2D eigenvalue weighted by Gasteiger charge is 2.18. The summed E-state index contributed by atoms with van der Waals surface area (Å²) >= 11 is 3.50. The highest BCUT2D eigenvalue weighted by molar-refractivity contribution is 9.10. The van der Waals surface area contributed by atoms with Gasteiger partial charge < -0.3 is 14.7 Å². The molecule has 0 radical (unpaired) electrons. The molecule has 5 aromatic rings. The van der Waals surface area contributed by atoms with Crippen LogP contribution in [0.2, 0.25) is 0 Å². The molecule has 0 atom stereocenters. The van der Waals surface area contributed by atoms with Gasteiger partial charge in [0.05, 0.1) is 18.5 Å². The van der Waals surface area contributed by atoms with Gasteiger partial charge in [-0.1, -0.05) is 46.3 Å². The number of para-hydroxylation sites is 1. The molecule has 0 bridgehead atoms. The first-order chi connectivity index (χ1) is 14.2. The second-order valence-electron chi connectivity index (χ2n) is 6.79. The quantitative estimate of drug-likeness (QED) is 0.289. The lowest BCUT2D eigenvalue weighted by Gasteiger charge is -2.04. The zero-order valence-corrected chi connectivity index (χ0v) is 18.5. The number of rotatable bonds is 4. The predicted molar refractivity (Wildman–Crippen MR) is 128 cm³/mol. The predicted octanol–water partition coefficient (Wildman–Crippen LogP) is 7.08. The zero-order valence-electron chi connectivity index (χ0n) is 16.1. The Morgan fingerprint density at radius 1 is 0.867 bits per heavy atom. The number of H-pyrrole nitrogens is 2. The fourth-order valence-electron chi connectivity index (χ4n) is 3.55. The van der Waals surface area contributed by atoms with Gasteiger partial charge in [0.25, 0.3) is 0 Å². The Bertz CT molecular complexity index is 1290. The molecule has 4 nitrogen and oxygen atoms in total. The van der Waals surface area contributed by atoms with E-state index in [2.05, 4.69) is 56.2 Å². The fourth-order valence-corrected chi connectivity index (χ4v) is 3.81. The number of ether oxygens (including phenoxy) is 1. The monoisotopic (exact) mass is 479 g/mol. The zero-order chi connectivity index (χ0) is 19.8. The largest absolute Gasteiger partial charge is 0.497 e. The molecule has 5 rings (SSSR count). The summed E-state index contributed by atoms with van der Waals surface area (Å²) in [5.41, 5.74) is 6.17. The molecule has 0 saturated carbocycles. The van der Waals surface area contributed by atoms with Gasteiger partial charge in [0.2, 0.25) is 0 Å². The van der Waals surface area contributed by atoms with Crippen molar-refractivity contribution in [3.05, 3.63) is 83.5 Å². The molecule has 150 valence electrons. The number of benzene rings is 3. The minimum atomic E-state index is 0. The summed E-state index contributed by atoms with van der Waals surface area (Å²) in [6.45, 7) is 0. The van der Waals surface area contributed by atoms with E-state index in [0.29, 0.717) is 0 Å². The van der Waals surface area contributed by atoms with E-state index in [1.165, 1.54) is 0 Å². The van der Waals surface area contributed by atoms with E-state index in [9.17, 15) is 0 Å². The van der Waals surface area contributed by atoms with Crippen molar-refractivity contribution in [2.75, 3.05) is 7.11 Å². The van der Waals surface area contributed by atoms with Crippen LogP contribution in [0.4, 0.5) is 0 Å². The molecule has 0 unspecified atom stereocenters. The summed E-state index contributed by atoms with van der Waals surface area (Å²) in [6.07, 6.45) is 2.04. The fraction of sp³-hybridized carbons (Fsp3) is 0.0417. The van der Waals surface area contributed by atoms with Crippen LogP contribution in [-0.4, -0.2) is 22.1 Å².